The minimum atomic E-state index is -0.242. The van der Waals surface area contributed by atoms with Crippen LogP contribution in [0.25, 0.3) is 0 Å². The van der Waals surface area contributed by atoms with Crippen molar-refractivity contribution in [3.05, 3.63) is 23.5 Å². The van der Waals surface area contributed by atoms with Crippen LogP contribution in [-0.4, -0.2) is 51.0 Å². The molecule has 3 rings (SSSR count). The first-order valence-electron chi connectivity index (χ1n) is 7.47. The number of hydrogen-bond donors (Lipinski definition) is 0. The number of methoxy groups -OCH3 is 1. The Hall–Kier alpha value is -2.42. The molecule has 3 heterocycles. The van der Waals surface area contributed by atoms with Gasteiger partial charge in [0, 0.05) is 19.7 Å². The van der Waals surface area contributed by atoms with E-state index in [0.717, 1.165) is 11.6 Å². The van der Waals surface area contributed by atoms with E-state index in [0.29, 0.717) is 26.3 Å². The lowest BCUT2D eigenvalue weighted by atomic mass is 10.2. The fraction of sp³-hybridized carbons (Fsp3) is 0.571. The molecule has 2 aromatic heterocycles. The molecule has 1 amide bonds. The van der Waals surface area contributed by atoms with Gasteiger partial charge in [-0.05, 0) is 19.0 Å². The average Bonchev–Trinajstić information content (AvgIpc) is 3.20. The number of hydrogen-bond acceptors (Lipinski definition) is 7. The Balaban J connectivity index is 1.79. The van der Waals surface area contributed by atoms with E-state index in [1.54, 1.807) is 4.90 Å². The van der Waals surface area contributed by atoms with Crippen LogP contribution in [0, 0.1) is 0 Å². The summed E-state index contributed by atoms with van der Waals surface area (Å²) in [5.74, 6) is 1.71. The Kier molecular flexibility index (Phi) is 4.28. The molecule has 0 N–H and O–H groups in total. The third-order valence-electron chi connectivity index (χ3n) is 3.87. The molecule has 0 saturated heterocycles. The summed E-state index contributed by atoms with van der Waals surface area (Å²) in [4.78, 5) is 14.3. The molecule has 0 fully saturated rings. The number of carbonyl (C=O) groups is 1. The van der Waals surface area contributed by atoms with Gasteiger partial charge in [-0.25, -0.2) is 0 Å². The molecule has 0 saturated carbocycles. The van der Waals surface area contributed by atoms with Crippen LogP contribution in [0.5, 0.6) is 5.88 Å². The highest BCUT2D eigenvalue weighted by Crippen LogP contribution is 2.26. The summed E-state index contributed by atoms with van der Waals surface area (Å²) >= 11 is 0. The molecule has 1 aliphatic heterocycles. The first-order valence-corrected chi connectivity index (χ1v) is 7.47. The predicted molar refractivity (Wildman–Crippen MR) is 77.9 cm³/mol. The molecule has 1 unspecified atom stereocenters. The quantitative estimate of drug-likeness (QED) is 0.811. The maximum Gasteiger partial charge on any atom is 0.293 e. The molecule has 0 aromatic carbocycles. The van der Waals surface area contributed by atoms with Crippen molar-refractivity contribution in [3.63, 3.8) is 0 Å². The first-order chi connectivity index (χ1) is 11.2. The largest absolute Gasteiger partial charge is 0.479 e. The summed E-state index contributed by atoms with van der Waals surface area (Å²) < 4.78 is 17.4. The number of amides is 1. The molecule has 0 aliphatic carbocycles. The molecule has 0 bridgehead atoms. The molecule has 124 valence electrons. The van der Waals surface area contributed by atoms with Crippen molar-refractivity contribution >= 4 is 5.91 Å². The van der Waals surface area contributed by atoms with E-state index in [-0.39, 0.29) is 23.6 Å². The molecular weight excluding hydrogens is 302 g/mol. The minimum absolute atomic E-state index is 0.149. The predicted octanol–water partition coefficient (Wildman–Crippen LogP) is 1.03. The van der Waals surface area contributed by atoms with E-state index in [2.05, 4.69) is 15.4 Å². The molecule has 9 heteroatoms. The van der Waals surface area contributed by atoms with Gasteiger partial charge in [0.2, 0.25) is 5.76 Å². The standard InChI is InChI=1S/C14H19N5O4/c1-4-22-8-11-15-16-13-9(2)18(5-6-19(11)13)14(20)10-7-12(21-3)17-23-10/h7,9H,4-6,8H2,1-3H3. The second-order valence-electron chi connectivity index (χ2n) is 5.17. The third-order valence-corrected chi connectivity index (χ3v) is 3.87. The van der Waals surface area contributed by atoms with Crippen molar-refractivity contribution in [2.45, 2.75) is 33.0 Å². The molecule has 1 aliphatic rings. The van der Waals surface area contributed by atoms with Gasteiger partial charge < -0.3 is 23.5 Å². The van der Waals surface area contributed by atoms with Gasteiger partial charge in [0.15, 0.2) is 11.6 Å². The maximum atomic E-state index is 12.6. The zero-order valence-corrected chi connectivity index (χ0v) is 13.4. The Morgan fingerprint density at radius 1 is 1.43 bits per heavy atom. The van der Waals surface area contributed by atoms with Crippen LogP contribution in [0.2, 0.25) is 0 Å². The van der Waals surface area contributed by atoms with E-state index in [4.69, 9.17) is 14.0 Å². The molecule has 9 nitrogen and oxygen atoms in total. The number of ether oxygens (including phenoxy) is 2. The SMILES string of the molecule is CCOCc1nnc2n1CCN(C(=O)c1cc(OC)no1)C2C. The number of carbonyl (C=O) groups excluding carboxylic acids is 1. The lowest BCUT2D eigenvalue weighted by Crippen LogP contribution is -2.41. The third kappa shape index (κ3) is 2.79. The van der Waals surface area contributed by atoms with E-state index in [9.17, 15) is 4.79 Å². The summed E-state index contributed by atoms with van der Waals surface area (Å²) in [5.41, 5.74) is 0. The molecule has 2 aromatic rings. The van der Waals surface area contributed by atoms with Gasteiger partial charge >= 0.3 is 0 Å². The smallest absolute Gasteiger partial charge is 0.293 e. The summed E-state index contributed by atoms with van der Waals surface area (Å²) in [6, 6.07) is 1.27. The monoisotopic (exact) mass is 321 g/mol. The van der Waals surface area contributed by atoms with Crippen LogP contribution in [0.4, 0.5) is 0 Å². The van der Waals surface area contributed by atoms with E-state index < -0.39 is 0 Å². The van der Waals surface area contributed by atoms with Gasteiger partial charge in [-0.3, -0.25) is 4.79 Å². The highest BCUT2D eigenvalue weighted by molar-refractivity contribution is 5.92. The normalized spacial score (nSPS) is 17.2. The lowest BCUT2D eigenvalue weighted by Gasteiger charge is -2.32. The average molecular weight is 321 g/mol. The summed E-state index contributed by atoms with van der Waals surface area (Å²) in [6.07, 6.45) is 0. The van der Waals surface area contributed by atoms with E-state index in [1.165, 1.54) is 13.2 Å². The number of aromatic nitrogens is 4. The van der Waals surface area contributed by atoms with Gasteiger partial charge in [-0.15, -0.1) is 10.2 Å². The summed E-state index contributed by atoms with van der Waals surface area (Å²) in [5, 5.41) is 12.0. The Morgan fingerprint density at radius 2 is 2.26 bits per heavy atom. The van der Waals surface area contributed by atoms with Gasteiger partial charge in [0.1, 0.15) is 6.61 Å². The second-order valence-corrected chi connectivity index (χ2v) is 5.17. The molecule has 0 radical (unpaired) electrons. The van der Waals surface area contributed by atoms with Gasteiger partial charge in [-0.1, -0.05) is 0 Å². The minimum Gasteiger partial charge on any atom is -0.479 e. The van der Waals surface area contributed by atoms with Gasteiger partial charge in [0.05, 0.1) is 19.2 Å². The van der Waals surface area contributed by atoms with E-state index >= 15 is 0 Å². The highest BCUT2D eigenvalue weighted by atomic mass is 16.5. The van der Waals surface area contributed by atoms with Crippen LogP contribution >= 0.6 is 0 Å². The van der Waals surface area contributed by atoms with Crippen LogP contribution in [0.1, 0.15) is 42.1 Å². The molecule has 23 heavy (non-hydrogen) atoms. The van der Waals surface area contributed by atoms with Crippen molar-refractivity contribution in [1.82, 2.24) is 24.8 Å². The highest BCUT2D eigenvalue weighted by Gasteiger charge is 2.33. The Bertz CT molecular complexity index is 695. The fourth-order valence-electron chi connectivity index (χ4n) is 2.62. The zero-order valence-electron chi connectivity index (χ0n) is 13.4. The van der Waals surface area contributed by atoms with Crippen molar-refractivity contribution in [2.24, 2.45) is 0 Å². The van der Waals surface area contributed by atoms with Gasteiger partial charge in [-0.2, -0.15) is 0 Å². The van der Waals surface area contributed by atoms with Crippen molar-refractivity contribution < 1.29 is 18.8 Å². The lowest BCUT2D eigenvalue weighted by molar-refractivity contribution is 0.0587. The second kappa shape index (κ2) is 6.37. The fourth-order valence-corrected chi connectivity index (χ4v) is 2.62. The van der Waals surface area contributed by atoms with Crippen molar-refractivity contribution in [2.75, 3.05) is 20.3 Å². The van der Waals surface area contributed by atoms with Crippen LogP contribution < -0.4 is 4.74 Å². The summed E-state index contributed by atoms with van der Waals surface area (Å²) in [6.45, 7) is 6.04. The number of fused-ring (bicyclic) bond motifs is 1. The Morgan fingerprint density at radius 3 is 2.96 bits per heavy atom. The summed E-state index contributed by atoms with van der Waals surface area (Å²) in [7, 11) is 1.47. The molecule has 1 atom stereocenters. The van der Waals surface area contributed by atoms with Crippen LogP contribution in [-0.2, 0) is 17.9 Å². The van der Waals surface area contributed by atoms with E-state index in [1.807, 2.05) is 18.4 Å². The van der Waals surface area contributed by atoms with Gasteiger partial charge in [0.25, 0.3) is 11.8 Å². The maximum absolute atomic E-state index is 12.6. The molecular formula is C14H19N5O4. The zero-order chi connectivity index (χ0) is 16.4. The van der Waals surface area contributed by atoms with Crippen LogP contribution in [0.3, 0.4) is 0 Å². The first kappa shape index (κ1) is 15.5. The molecule has 0 spiro atoms. The Labute approximate surface area is 133 Å². The van der Waals surface area contributed by atoms with Crippen molar-refractivity contribution in [1.29, 1.82) is 0 Å². The van der Waals surface area contributed by atoms with Crippen molar-refractivity contribution in [3.8, 4) is 5.88 Å². The van der Waals surface area contributed by atoms with Crippen LogP contribution in [0.15, 0.2) is 10.6 Å². The number of nitrogens with zero attached hydrogens (tertiary/aromatic N) is 5. The topological polar surface area (TPSA) is 95.5 Å². The number of rotatable bonds is 5.